The molecule has 31 heavy (non-hydrogen) atoms. The van der Waals surface area contributed by atoms with Gasteiger partial charge in [-0.3, -0.25) is 9.59 Å². The van der Waals surface area contributed by atoms with E-state index in [-0.39, 0.29) is 18.4 Å². The first-order valence-corrected chi connectivity index (χ1v) is 10.4. The van der Waals surface area contributed by atoms with Crippen molar-refractivity contribution in [2.45, 2.75) is 6.54 Å². The maximum Gasteiger partial charge on any atom is 0.265 e. The molecule has 0 aliphatic carbocycles. The van der Waals surface area contributed by atoms with Crippen LogP contribution in [0.15, 0.2) is 47.8 Å². The van der Waals surface area contributed by atoms with E-state index >= 15 is 0 Å². The van der Waals surface area contributed by atoms with Gasteiger partial charge >= 0.3 is 0 Å². The van der Waals surface area contributed by atoms with Crippen LogP contribution in [0.2, 0.25) is 5.02 Å². The molecule has 0 spiro atoms. The van der Waals surface area contributed by atoms with Gasteiger partial charge in [0, 0.05) is 23.7 Å². The largest absolute Gasteiger partial charge is 0.496 e. The molecule has 3 rings (SSSR count). The summed E-state index contributed by atoms with van der Waals surface area (Å²) in [6.45, 7) is 0.196. The summed E-state index contributed by atoms with van der Waals surface area (Å²) in [6, 6.07) is 11.6. The average Bonchev–Trinajstić information content (AvgIpc) is 3.33. The van der Waals surface area contributed by atoms with Crippen molar-refractivity contribution in [3.63, 3.8) is 0 Å². The van der Waals surface area contributed by atoms with Crippen molar-refractivity contribution in [2.24, 2.45) is 0 Å². The molecule has 0 atom stereocenters. The minimum atomic E-state index is -0.333. The summed E-state index contributed by atoms with van der Waals surface area (Å²) < 4.78 is 16.0. The Labute approximate surface area is 188 Å². The highest BCUT2D eigenvalue weighted by Crippen LogP contribution is 2.34. The Bertz CT molecular complexity index is 1090. The zero-order valence-corrected chi connectivity index (χ0v) is 18.7. The minimum Gasteiger partial charge on any atom is -0.496 e. The number of ether oxygens (including phenoxy) is 3. The molecular weight excluding hydrogens is 440 g/mol. The third-order valence-electron chi connectivity index (χ3n) is 4.45. The van der Waals surface area contributed by atoms with E-state index in [1.165, 1.54) is 38.7 Å². The maximum absolute atomic E-state index is 12.7. The number of carbonyl (C=O) groups excluding carboxylic acids is 2. The molecule has 162 valence electrons. The third-order valence-corrected chi connectivity index (χ3v) is 5.65. The Balaban J connectivity index is 1.75. The maximum atomic E-state index is 12.7. The highest BCUT2D eigenvalue weighted by Gasteiger charge is 2.15. The lowest BCUT2D eigenvalue weighted by molar-refractivity contribution is 0.0949. The Kier molecular flexibility index (Phi) is 7.38. The smallest absolute Gasteiger partial charge is 0.265 e. The summed E-state index contributed by atoms with van der Waals surface area (Å²) in [5.41, 5.74) is 1.43. The second-order valence-electron chi connectivity index (χ2n) is 6.33. The Hall–Kier alpha value is -3.23. The lowest BCUT2D eigenvalue weighted by Crippen LogP contribution is -2.23. The number of thiophene rings is 1. The van der Waals surface area contributed by atoms with Gasteiger partial charge in [-0.15, -0.1) is 11.3 Å². The molecule has 0 aliphatic heterocycles. The Morgan fingerprint density at radius 2 is 1.65 bits per heavy atom. The molecule has 2 aromatic carbocycles. The van der Waals surface area contributed by atoms with Crippen molar-refractivity contribution >= 4 is 40.4 Å². The van der Waals surface area contributed by atoms with Crippen molar-refractivity contribution in [3.8, 4) is 17.2 Å². The van der Waals surface area contributed by atoms with Gasteiger partial charge in [0.1, 0.15) is 5.75 Å². The van der Waals surface area contributed by atoms with Gasteiger partial charge in [0.25, 0.3) is 11.8 Å². The minimum absolute atomic E-state index is 0.196. The van der Waals surface area contributed by atoms with Crippen LogP contribution in [-0.2, 0) is 6.54 Å². The van der Waals surface area contributed by atoms with E-state index in [0.717, 1.165) is 0 Å². The quantitative estimate of drug-likeness (QED) is 0.512. The number of rotatable bonds is 8. The molecule has 0 unspecified atom stereocenters. The summed E-state index contributed by atoms with van der Waals surface area (Å²) >= 11 is 7.51. The molecule has 0 saturated carbocycles. The van der Waals surface area contributed by atoms with Gasteiger partial charge in [0.2, 0.25) is 0 Å². The molecular formula is C22H21ClN2O5S. The van der Waals surface area contributed by atoms with Crippen LogP contribution < -0.4 is 24.8 Å². The van der Waals surface area contributed by atoms with E-state index < -0.39 is 0 Å². The zero-order valence-electron chi connectivity index (χ0n) is 17.2. The second kappa shape index (κ2) is 10.2. The molecule has 2 N–H and O–H groups in total. The molecule has 7 nitrogen and oxygen atoms in total. The number of carbonyl (C=O) groups is 2. The highest BCUT2D eigenvalue weighted by molar-refractivity contribution is 7.12. The van der Waals surface area contributed by atoms with E-state index in [1.54, 1.807) is 36.4 Å². The predicted octanol–water partition coefficient (Wildman–Crippen LogP) is 4.61. The van der Waals surface area contributed by atoms with E-state index in [1.807, 2.05) is 5.38 Å². The van der Waals surface area contributed by atoms with E-state index in [4.69, 9.17) is 25.8 Å². The molecule has 0 bridgehead atoms. The van der Waals surface area contributed by atoms with Gasteiger partial charge in [-0.25, -0.2) is 0 Å². The van der Waals surface area contributed by atoms with Crippen LogP contribution in [-0.4, -0.2) is 33.1 Å². The first kappa shape index (κ1) is 22.5. The van der Waals surface area contributed by atoms with Gasteiger partial charge in [-0.05, 0) is 35.7 Å². The molecule has 9 heteroatoms. The molecule has 3 aromatic rings. The number of anilines is 1. The van der Waals surface area contributed by atoms with E-state index in [2.05, 4.69) is 10.6 Å². The number of methoxy groups -OCH3 is 3. The summed E-state index contributed by atoms with van der Waals surface area (Å²) in [5.74, 6) is 0.985. The van der Waals surface area contributed by atoms with Gasteiger partial charge < -0.3 is 24.8 Å². The Morgan fingerprint density at radius 1 is 0.935 bits per heavy atom. The fourth-order valence-electron chi connectivity index (χ4n) is 2.86. The summed E-state index contributed by atoms with van der Waals surface area (Å²) in [4.78, 5) is 25.6. The third kappa shape index (κ3) is 5.28. The number of nitrogens with one attached hydrogen (secondary N) is 2. The molecule has 0 saturated heterocycles. The normalized spacial score (nSPS) is 10.3. The standard InChI is InChI=1S/C22H21ClN2O5S/c1-28-17-11-19(30-3)18(29-2)10-14(17)12-24-21(26)13-6-7-15(23)16(9-13)25-22(27)20-5-4-8-31-20/h4-11H,12H2,1-3H3,(H,24,26)(H,25,27). The van der Waals surface area contributed by atoms with Crippen LogP contribution in [0.5, 0.6) is 17.2 Å². The van der Waals surface area contributed by atoms with Crippen molar-refractivity contribution in [2.75, 3.05) is 26.6 Å². The number of hydrogen-bond donors (Lipinski definition) is 2. The lowest BCUT2D eigenvalue weighted by atomic mass is 10.1. The van der Waals surface area contributed by atoms with Crippen LogP contribution in [0, 0.1) is 0 Å². The fraction of sp³-hybridized carbons (Fsp3) is 0.182. The van der Waals surface area contributed by atoms with Gasteiger partial charge in [-0.2, -0.15) is 0 Å². The number of benzene rings is 2. The van der Waals surface area contributed by atoms with Crippen molar-refractivity contribution in [1.29, 1.82) is 0 Å². The SMILES string of the molecule is COc1cc(OC)c(OC)cc1CNC(=O)c1ccc(Cl)c(NC(=O)c2cccs2)c1. The number of amides is 2. The van der Waals surface area contributed by atoms with Gasteiger partial charge in [0.05, 0.1) is 36.9 Å². The van der Waals surface area contributed by atoms with Crippen molar-refractivity contribution in [1.82, 2.24) is 5.32 Å². The highest BCUT2D eigenvalue weighted by atomic mass is 35.5. The van der Waals surface area contributed by atoms with Gasteiger partial charge in [0.15, 0.2) is 11.5 Å². The van der Waals surface area contributed by atoms with E-state index in [0.29, 0.717) is 44.0 Å². The monoisotopic (exact) mass is 460 g/mol. The number of halogens is 1. The zero-order chi connectivity index (χ0) is 22.4. The first-order chi connectivity index (χ1) is 15.0. The van der Waals surface area contributed by atoms with Crippen LogP contribution in [0.3, 0.4) is 0 Å². The summed E-state index contributed by atoms with van der Waals surface area (Å²) in [5, 5.41) is 7.72. The summed E-state index contributed by atoms with van der Waals surface area (Å²) in [6.07, 6.45) is 0. The molecule has 1 heterocycles. The first-order valence-electron chi connectivity index (χ1n) is 9.18. The molecule has 0 radical (unpaired) electrons. The van der Waals surface area contributed by atoms with Crippen molar-refractivity contribution < 1.29 is 23.8 Å². The molecule has 0 fully saturated rings. The van der Waals surface area contributed by atoms with Crippen LogP contribution in [0.4, 0.5) is 5.69 Å². The van der Waals surface area contributed by atoms with Gasteiger partial charge in [-0.1, -0.05) is 17.7 Å². The number of hydrogen-bond acceptors (Lipinski definition) is 6. The molecule has 0 aliphatic rings. The van der Waals surface area contributed by atoms with E-state index in [9.17, 15) is 9.59 Å². The van der Waals surface area contributed by atoms with Crippen LogP contribution in [0.1, 0.15) is 25.6 Å². The van der Waals surface area contributed by atoms with Crippen LogP contribution in [0.25, 0.3) is 0 Å². The lowest BCUT2D eigenvalue weighted by Gasteiger charge is -2.15. The molecule has 2 amide bonds. The second-order valence-corrected chi connectivity index (χ2v) is 7.68. The molecule has 1 aromatic heterocycles. The van der Waals surface area contributed by atoms with Crippen molar-refractivity contribution in [3.05, 3.63) is 68.9 Å². The summed E-state index contributed by atoms with van der Waals surface area (Å²) in [7, 11) is 4.61. The topological polar surface area (TPSA) is 85.9 Å². The van der Waals surface area contributed by atoms with Crippen LogP contribution >= 0.6 is 22.9 Å². The Morgan fingerprint density at radius 3 is 2.29 bits per heavy atom. The average molecular weight is 461 g/mol. The fourth-order valence-corrected chi connectivity index (χ4v) is 3.65. The predicted molar refractivity (Wildman–Crippen MR) is 121 cm³/mol.